The molecule has 0 N–H and O–H groups in total. The second-order valence-corrected chi connectivity index (χ2v) is 10.5. The summed E-state index contributed by atoms with van der Waals surface area (Å²) in [5.74, 6) is 2.20. The molecule has 1 aromatic carbocycles. The lowest BCUT2D eigenvalue weighted by atomic mass is 9.91. The third kappa shape index (κ3) is 13.6. The molecule has 1 aromatic rings. The lowest BCUT2D eigenvalue weighted by Gasteiger charge is -2.15. The first-order valence-corrected chi connectivity index (χ1v) is 13.2. The first-order valence-electron chi connectivity index (χ1n) is 13.2. The van der Waals surface area contributed by atoms with Crippen LogP contribution >= 0.6 is 0 Å². The summed E-state index contributed by atoms with van der Waals surface area (Å²) in [5.41, 5.74) is 2.17. The fraction of sp³-hybridized carbons (Fsp3) is 0.667. The molecule has 0 aliphatic heterocycles. The number of esters is 2. The lowest BCUT2D eigenvalue weighted by molar-refractivity contribution is -0.134. The van der Waals surface area contributed by atoms with Crippen LogP contribution < -0.4 is 9.47 Å². The highest BCUT2D eigenvalue weighted by atomic mass is 16.6. The van der Waals surface area contributed by atoms with E-state index in [0.717, 1.165) is 29.7 Å². The van der Waals surface area contributed by atoms with Crippen molar-refractivity contribution in [2.24, 2.45) is 17.8 Å². The molecule has 0 heterocycles. The SMILES string of the molecule is CC(=O)Oc1cccc(C/C=C(\C)CCCC(C)CCCC(C)CCCC(C)C)c1OC(C)=O. The van der Waals surface area contributed by atoms with Gasteiger partial charge in [0.15, 0.2) is 11.5 Å². The molecule has 0 saturated carbocycles. The van der Waals surface area contributed by atoms with Crippen molar-refractivity contribution < 1.29 is 19.1 Å². The summed E-state index contributed by atoms with van der Waals surface area (Å²) in [6.45, 7) is 14.3. The first-order chi connectivity index (χ1) is 16.1. The molecule has 0 bridgehead atoms. The zero-order valence-electron chi connectivity index (χ0n) is 22.7. The van der Waals surface area contributed by atoms with Gasteiger partial charge in [0.25, 0.3) is 0 Å². The number of ether oxygens (including phenoxy) is 2. The van der Waals surface area contributed by atoms with Crippen LogP contribution in [0.5, 0.6) is 11.5 Å². The van der Waals surface area contributed by atoms with Crippen LogP contribution in [-0.2, 0) is 16.0 Å². The molecule has 192 valence electrons. The lowest BCUT2D eigenvalue weighted by Crippen LogP contribution is -2.09. The van der Waals surface area contributed by atoms with Gasteiger partial charge in [0.1, 0.15) is 0 Å². The predicted molar refractivity (Wildman–Crippen MR) is 141 cm³/mol. The van der Waals surface area contributed by atoms with Crippen molar-refractivity contribution in [3.63, 3.8) is 0 Å². The second kappa shape index (κ2) is 16.5. The zero-order chi connectivity index (χ0) is 25.5. The van der Waals surface area contributed by atoms with E-state index in [0.29, 0.717) is 12.2 Å². The van der Waals surface area contributed by atoms with Crippen LogP contribution in [0, 0.1) is 17.8 Å². The number of para-hydroxylation sites is 1. The molecule has 0 fully saturated rings. The molecule has 4 nitrogen and oxygen atoms in total. The Kier molecular flexibility index (Phi) is 14.5. The summed E-state index contributed by atoms with van der Waals surface area (Å²) in [4.78, 5) is 22.9. The maximum absolute atomic E-state index is 11.6. The average molecular weight is 473 g/mol. The van der Waals surface area contributed by atoms with Crippen molar-refractivity contribution in [1.29, 1.82) is 0 Å². The Balaban J connectivity index is 2.44. The summed E-state index contributed by atoms with van der Waals surface area (Å²) in [5, 5.41) is 0. The summed E-state index contributed by atoms with van der Waals surface area (Å²) >= 11 is 0. The third-order valence-electron chi connectivity index (χ3n) is 6.37. The number of allylic oxidation sites excluding steroid dienone is 2. The number of rotatable bonds is 16. The van der Waals surface area contributed by atoms with Crippen molar-refractivity contribution in [1.82, 2.24) is 0 Å². The van der Waals surface area contributed by atoms with Crippen molar-refractivity contribution in [2.45, 2.75) is 113 Å². The Labute approximate surface area is 208 Å². The monoisotopic (exact) mass is 472 g/mol. The van der Waals surface area contributed by atoms with E-state index in [1.165, 1.54) is 70.8 Å². The summed E-state index contributed by atoms with van der Waals surface area (Å²) in [6.07, 6.45) is 14.5. The molecule has 1 rings (SSSR count). The van der Waals surface area contributed by atoms with Gasteiger partial charge < -0.3 is 9.47 Å². The molecule has 0 spiro atoms. The molecule has 0 aliphatic rings. The normalized spacial score (nSPS) is 13.6. The maximum Gasteiger partial charge on any atom is 0.308 e. The van der Waals surface area contributed by atoms with Gasteiger partial charge in [-0.1, -0.05) is 96.4 Å². The number of benzene rings is 1. The van der Waals surface area contributed by atoms with Gasteiger partial charge in [0.05, 0.1) is 0 Å². The van der Waals surface area contributed by atoms with Gasteiger partial charge in [-0.25, -0.2) is 0 Å². The van der Waals surface area contributed by atoms with Gasteiger partial charge in [-0.05, 0) is 50.0 Å². The molecular weight excluding hydrogens is 424 g/mol. The Hall–Kier alpha value is -2.10. The van der Waals surface area contributed by atoms with E-state index < -0.39 is 11.9 Å². The summed E-state index contributed by atoms with van der Waals surface area (Å²) in [6, 6.07) is 5.37. The Morgan fingerprint density at radius 1 is 0.794 bits per heavy atom. The van der Waals surface area contributed by atoms with E-state index in [4.69, 9.17) is 9.47 Å². The number of carbonyl (C=O) groups is 2. The fourth-order valence-corrected chi connectivity index (χ4v) is 4.31. The van der Waals surface area contributed by atoms with Gasteiger partial charge in [-0.15, -0.1) is 0 Å². The van der Waals surface area contributed by atoms with E-state index in [2.05, 4.69) is 40.7 Å². The Morgan fingerprint density at radius 3 is 1.91 bits per heavy atom. The minimum absolute atomic E-state index is 0.286. The van der Waals surface area contributed by atoms with E-state index in [1.54, 1.807) is 6.07 Å². The molecule has 0 saturated heterocycles. The Morgan fingerprint density at radius 2 is 1.35 bits per heavy atom. The van der Waals surface area contributed by atoms with Crippen molar-refractivity contribution in [3.05, 3.63) is 35.4 Å². The molecule has 2 atom stereocenters. The highest BCUT2D eigenvalue weighted by molar-refractivity contribution is 5.74. The standard InChI is InChI=1S/C30H48O4/c1-22(2)12-8-13-23(3)14-9-15-24(4)16-10-17-25(5)20-21-28-18-11-19-29(33-26(6)31)30(28)34-27(7)32/h11,18-20,22-24H,8-10,12-17,21H2,1-7H3/b25-20+. The van der Waals surface area contributed by atoms with Gasteiger partial charge in [0, 0.05) is 19.4 Å². The van der Waals surface area contributed by atoms with Crippen LogP contribution in [0.4, 0.5) is 0 Å². The molecule has 34 heavy (non-hydrogen) atoms. The quantitative estimate of drug-likeness (QED) is 0.137. The smallest absolute Gasteiger partial charge is 0.308 e. The predicted octanol–water partition coefficient (Wildman–Crippen LogP) is 8.47. The number of carbonyl (C=O) groups excluding carboxylic acids is 2. The van der Waals surface area contributed by atoms with Gasteiger partial charge >= 0.3 is 11.9 Å². The minimum atomic E-state index is -0.438. The van der Waals surface area contributed by atoms with Crippen LogP contribution in [0.2, 0.25) is 0 Å². The summed E-state index contributed by atoms with van der Waals surface area (Å²) < 4.78 is 10.6. The van der Waals surface area contributed by atoms with Crippen LogP contribution in [0.1, 0.15) is 112 Å². The molecule has 0 amide bonds. The molecule has 2 unspecified atom stereocenters. The maximum atomic E-state index is 11.6. The van der Waals surface area contributed by atoms with E-state index >= 15 is 0 Å². The highest BCUT2D eigenvalue weighted by Crippen LogP contribution is 2.32. The first kappa shape index (κ1) is 29.9. The molecule has 0 radical (unpaired) electrons. The van der Waals surface area contributed by atoms with E-state index in [1.807, 2.05) is 12.1 Å². The largest absolute Gasteiger partial charge is 0.423 e. The minimum Gasteiger partial charge on any atom is -0.423 e. The van der Waals surface area contributed by atoms with Crippen molar-refractivity contribution >= 4 is 11.9 Å². The molecule has 0 aliphatic carbocycles. The fourth-order valence-electron chi connectivity index (χ4n) is 4.31. The van der Waals surface area contributed by atoms with Crippen LogP contribution in [0.3, 0.4) is 0 Å². The van der Waals surface area contributed by atoms with Crippen LogP contribution in [0.25, 0.3) is 0 Å². The summed E-state index contributed by atoms with van der Waals surface area (Å²) in [7, 11) is 0. The second-order valence-electron chi connectivity index (χ2n) is 10.5. The third-order valence-corrected chi connectivity index (χ3v) is 6.37. The number of hydrogen-bond acceptors (Lipinski definition) is 4. The van der Waals surface area contributed by atoms with E-state index in [-0.39, 0.29) is 5.75 Å². The average Bonchev–Trinajstić information content (AvgIpc) is 2.73. The number of hydrogen-bond donors (Lipinski definition) is 0. The Bertz CT molecular complexity index is 778. The highest BCUT2D eigenvalue weighted by Gasteiger charge is 2.14. The molecular formula is C30H48O4. The zero-order valence-corrected chi connectivity index (χ0v) is 22.7. The van der Waals surface area contributed by atoms with Crippen LogP contribution in [-0.4, -0.2) is 11.9 Å². The van der Waals surface area contributed by atoms with E-state index in [9.17, 15) is 9.59 Å². The van der Waals surface area contributed by atoms with Gasteiger partial charge in [-0.3, -0.25) is 9.59 Å². The van der Waals surface area contributed by atoms with Gasteiger partial charge in [0.2, 0.25) is 0 Å². The van der Waals surface area contributed by atoms with Crippen molar-refractivity contribution in [3.8, 4) is 11.5 Å². The van der Waals surface area contributed by atoms with Gasteiger partial charge in [-0.2, -0.15) is 0 Å². The van der Waals surface area contributed by atoms with Crippen molar-refractivity contribution in [2.75, 3.05) is 0 Å². The topological polar surface area (TPSA) is 52.6 Å². The van der Waals surface area contributed by atoms with Crippen LogP contribution in [0.15, 0.2) is 29.8 Å². The molecule has 0 aromatic heterocycles. The molecule has 4 heteroatoms.